The van der Waals surface area contributed by atoms with Gasteiger partial charge in [-0.1, -0.05) is 60.5 Å². The lowest BCUT2D eigenvalue weighted by Crippen LogP contribution is -2.51. The molecule has 0 aromatic heterocycles. The zero-order valence-corrected chi connectivity index (χ0v) is 16.6. The summed E-state index contributed by atoms with van der Waals surface area (Å²) in [6, 6.07) is 14.8. The van der Waals surface area contributed by atoms with E-state index in [1.807, 2.05) is 70.2 Å². The van der Waals surface area contributed by atoms with E-state index < -0.39 is 11.1 Å². The Labute approximate surface area is 160 Å². The molecule has 0 radical (unpaired) electrons. The van der Waals surface area contributed by atoms with Crippen molar-refractivity contribution < 1.29 is 5.11 Å². The standard InChI is InChI=1S/C21H25Cl2NO/c1-14(12-16-8-10-18(22)11-9-16)21(25,15(2)20(3,4)24)17-6-5-7-19(23)13-17/h5-13,15,25H,24H2,1-4H3. The summed E-state index contributed by atoms with van der Waals surface area (Å²) < 4.78 is 0. The quantitative estimate of drug-likeness (QED) is 0.705. The van der Waals surface area contributed by atoms with Crippen LogP contribution in [0.15, 0.2) is 54.1 Å². The molecule has 0 heterocycles. The van der Waals surface area contributed by atoms with E-state index in [0.717, 1.165) is 16.7 Å². The van der Waals surface area contributed by atoms with E-state index >= 15 is 0 Å². The van der Waals surface area contributed by atoms with Gasteiger partial charge >= 0.3 is 0 Å². The average Bonchev–Trinajstić information content (AvgIpc) is 2.54. The zero-order valence-electron chi connectivity index (χ0n) is 15.1. The minimum Gasteiger partial charge on any atom is -0.380 e. The maximum absolute atomic E-state index is 11.8. The van der Waals surface area contributed by atoms with Crippen molar-refractivity contribution in [2.45, 2.75) is 38.8 Å². The van der Waals surface area contributed by atoms with E-state index in [-0.39, 0.29) is 5.92 Å². The molecule has 0 saturated carbocycles. The summed E-state index contributed by atoms with van der Waals surface area (Å²) in [5, 5.41) is 13.0. The molecule has 0 aliphatic heterocycles. The molecule has 134 valence electrons. The fraction of sp³-hybridized carbons (Fsp3) is 0.333. The van der Waals surface area contributed by atoms with Gasteiger partial charge in [-0.2, -0.15) is 0 Å². The molecule has 0 amide bonds. The van der Waals surface area contributed by atoms with Crippen molar-refractivity contribution in [1.29, 1.82) is 0 Å². The van der Waals surface area contributed by atoms with Crippen LogP contribution in [0.4, 0.5) is 0 Å². The molecule has 2 nitrogen and oxygen atoms in total. The maximum atomic E-state index is 11.8. The van der Waals surface area contributed by atoms with Gasteiger partial charge in [0.1, 0.15) is 5.60 Å². The molecular weight excluding hydrogens is 353 g/mol. The van der Waals surface area contributed by atoms with Crippen molar-refractivity contribution in [3.8, 4) is 0 Å². The topological polar surface area (TPSA) is 46.2 Å². The van der Waals surface area contributed by atoms with Gasteiger partial charge in [-0.15, -0.1) is 0 Å². The van der Waals surface area contributed by atoms with E-state index in [0.29, 0.717) is 10.0 Å². The zero-order chi connectivity index (χ0) is 18.8. The fourth-order valence-corrected chi connectivity index (χ4v) is 3.32. The maximum Gasteiger partial charge on any atom is 0.115 e. The minimum atomic E-state index is -1.25. The van der Waals surface area contributed by atoms with Crippen molar-refractivity contribution in [3.63, 3.8) is 0 Å². The lowest BCUT2D eigenvalue weighted by atomic mass is 9.69. The number of nitrogens with two attached hydrogens (primary N) is 1. The van der Waals surface area contributed by atoms with Gasteiger partial charge < -0.3 is 10.8 Å². The third kappa shape index (κ3) is 4.45. The van der Waals surface area contributed by atoms with Crippen LogP contribution in [0.5, 0.6) is 0 Å². The summed E-state index contributed by atoms with van der Waals surface area (Å²) in [7, 11) is 0. The predicted octanol–water partition coefficient (Wildman–Crippen LogP) is 5.66. The molecule has 2 aromatic carbocycles. The highest BCUT2D eigenvalue weighted by Gasteiger charge is 2.43. The van der Waals surface area contributed by atoms with Crippen molar-refractivity contribution in [3.05, 3.63) is 75.3 Å². The Morgan fingerprint density at radius 3 is 2.20 bits per heavy atom. The van der Waals surface area contributed by atoms with Crippen molar-refractivity contribution in [2.75, 3.05) is 0 Å². The van der Waals surface area contributed by atoms with Crippen LogP contribution < -0.4 is 5.73 Å². The largest absolute Gasteiger partial charge is 0.380 e. The molecule has 4 heteroatoms. The Kier molecular flexibility index (Phi) is 6.01. The van der Waals surface area contributed by atoms with Crippen LogP contribution in [0.2, 0.25) is 10.0 Å². The number of hydrogen-bond acceptors (Lipinski definition) is 2. The smallest absolute Gasteiger partial charge is 0.115 e. The number of aliphatic hydroxyl groups is 1. The summed E-state index contributed by atoms with van der Waals surface area (Å²) in [5.41, 5.74) is 7.00. The second-order valence-electron chi connectivity index (χ2n) is 7.20. The van der Waals surface area contributed by atoms with E-state index in [1.165, 1.54) is 0 Å². The van der Waals surface area contributed by atoms with Gasteiger partial charge in [-0.05, 0) is 61.7 Å². The molecule has 0 fully saturated rings. The normalized spacial score (nSPS) is 16.4. The fourth-order valence-electron chi connectivity index (χ4n) is 3.00. The first-order valence-electron chi connectivity index (χ1n) is 8.27. The van der Waals surface area contributed by atoms with Gasteiger partial charge in [-0.25, -0.2) is 0 Å². The van der Waals surface area contributed by atoms with Crippen LogP contribution in [-0.2, 0) is 5.60 Å². The Balaban J connectivity index is 2.60. The molecule has 0 spiro atoms. The molecule has 2 rings (SSSR count). The first-order valence-corrected chi connectivity index (χ1v) is 9.02. The SMILES string of the molecule is CC(=Cc1ccc(Cl)cc1)C(O)(c1cccc(Cl)c1)C(C)C(C)(C)N. The van der Waals surface area contributed by atoms with E-state index in [4.69, 9.17) is 28.9 Å². The molecule has 0 saturated heterocycles. The Bertz CT molecular complexity index is 762. The second-order valence-corrected chi connectivity index (χ2v) is 8.07. The van der Waals surface area contributed by atoms with Crippen molar-refractivity contribution >= 4 is 29.3 Å². The van der Waals surface area contributed by atoms with Gasteiger partial charge in [0.2, 0.25) is 0 Å². The average molecular weight is 378 g/mol. The van der Waals surface area contributed by atoms with Gasteiger partial charge in [0.15, 0.2) is 0 Å². The van der Waals surface area contributed by atoms with Crippen molar-refractivity contribution in [1.82, 2.24) is 0 Å². The lowest BCUT2D eigenvalue weighted by molar-refractivity contribution is -0.00715. The Hall–Kier alpha value is -1.32. The van der Waals surface area contributed by atoms with E-state index in [9.17, 15) is 5.11 Å². The summed E-state index contributed by atoms with van der Waals surface area (Å²) in [6.07, 6.45) is 1.96. The van der Waals surface area contributed by atoms with Crippen LogP contribution in [0.3, 0.4) is 0 Å². The lowest BCUT2D eigenvalue weighted by Gasteiger charge is -2.43. The highest BCUT2D eigenvalue weighted by Crippen LogP contribution is 2.42. The Morgan fingerprint density at radius 2 is 1.68 bits per heavy atom. The molecule has 2 aromatic rings. The number of hydrogen-bond donors (Lipinski definition) is 2. The molecule has 0 bridgehead atoms. The van der Waals surface area contributed by atoms with Crippen LogP contribution >= 0.6 is 23.2 Å². The van der Waals surface area contributed by atoms with E-state index in [2.05, 4.69) is 0 Å². The number of rotatable bonds is 5. The van der Waals surface area contributed by atoms with Gasteiger partial charge in [0, 0.05) is 21.5 Å². The highest BCUT2D eigenvalue weighted by atomic mass is 35.5. The highest BCUT2D eigenvalue weighted by molar-refractivity contribution is 6.30. The van der Waals surface area contributed by atoms with Gasteiger partial charge in [0.05, 0.1) is 0 Å². The Morgan fingerprint density at radius 1 is 1.08 bits per heavy atom. The molecular formula is C21H25Cl2NO. The third-order valence-electron chi connectivity index (χ3n) is 4.86. The minimum absolute atomic E-state index is 0.248. The van der Waals surface area contributed by atoms with Crippen LogP contribution in [0.1, 0.15) is 38.8 Å². The van der Waals surface area contributed by atoms with Crippen LogP contribution in [0, 0.1) is 5.92 Å². The third-order valence-corrected chi connectivity index (χ3v) is 5.35. The molecule has 2 unspecified atom stereocenters. The van der Waals surface area contributed by atoms with Crippen LogP contribution in [0.25, 0.3) is 6.08 Å². The van der Waals surface area contributed by atoms with Gasteiger partial charge in [0.25, 0.3) is 0 Å². The van der Waals surface area contributed by atoms with E-state index in [1.54, 1.807) is 12.1 Å². The molecule has 25 heavy (non-hydrogen) atoms. The summed E-state index contributed by atoms with van der Waals surface area (Å²) in [5.74, 6) is -0.248. The number of benzene rings is 2. The molecule has 2 atom stereocenters. The summed E-state index contributed by atoms with van der Waals surface area (Å²) >= 11 is 12.1. The summed E-state index contributed by atoms with van der Waals surface area (Å²) in [4.78, 5) is 0. The monoisotopic (exact) mass is 377 g/mol. The van der Waals surface area contributed by atoms with Gasteiger partial charge in [-0.3, -0.25) is 0 Å². The predicted molar refractivity (Wildman–Crippen MR) is 108 cm³/mol. The first kappa shape index (κ1) is 20.0. The molecule has 3 N–H and O–H groups in total. The first-order chi connectivity index (χ1) is 11.5. The second kappa shape index (κ2) is 7.51. The van der Waals surface area contributed by atoms with Crippen LogP contribution in [-0.4, -0.2) is 10.6 Å². The molecule has 0 aliphatic rings. The molecule has 0 aliphatic carbocycles. The summed E-state index contributed by atoms with van der Waals surface area (Å²) in [6.45, 7) is 7.71. The van der Waals surface area contributed by atoms with Crippen molar-refractivity contribution in [2.24, 2.45) is 11.7 Å². The number of halogens is 2.